The number of fused-ring (bicyclic) bond motifs is 3. The molecule has 1 aliphatic carbocycles. The van der Waals surface area contributed by atoms with Crippen molar-refractivity contribution in [2.75, 3.05) is 27.9 Å². The predicted molar refractivity (Wildman–Crippen MR) is 283 cm³/mol. The molecule has 0 radical (unpaired) electrons. The third-order valence-electron chi connectivity index (χ3n) is 16.3. The van der Waals surface area contributed by atoms with Crippen molar-refractivity contribution >= 4 is 35.3 Å². The van der Waals surface area contributed by atoms with E-state index >= 15 is 0 Å². The summed E-state index contributed by atoms with van der Waals surface area (Å²) in [6, 6.07) is -1.81. The second-order valence-electron chi connectivity index (χ2n) is 22.1. The number of allylic oxidation sites excluding steroid dienone is 6. The molecule has 15 atom stereocenters. The van der Waals surface area contributed by atoms with Crippen molar-refractivity contribution in [3.8, 4) is 12.3 Å². The first kappa shape index (κ1) is 62.1. The van der Waals surface area contributed by atoms with Crippen LogP contribution >= 0.6 is 0 Å². The topological polar surface area (TPSA) is 204 Å². The lowest BCUT2D eigenvalue weighted by atomic mass is 9.74. The van der Waals surface area contributed by atoms with Gasteiger partial charge in [0, 0.05) is 51.4 Å². The number of amides is 2. The van der Waals surface area contributed by atoms with E-state index in [1.807, 2.05) is 45.1 Å². The molecule has 4 aliphatic rings. The third-order valence-corrected chi connectivity index (χ3v) is 16.3. The summed E-state index contributed by atoms with van der Waals surface area (Å²) in [6.07, 6.45) is 22.4. The molecule has 15 heteroatoms. The zero-order valence-electron chi connectivity index (χ0n) is 46.2. The molecule has 0 aromatic carbocycles. The van der Waals surface area contributed by atoms with Gasteiger partial charge in [-0.15, -0.1) is 12.3 Å². The highest BCUT2D eigenvalue weighted by atomic mass is 16.6. The van der Waals surface area contributed by atoms with Crippen LogP contribution in [0.25, 0.3) is 0 Å². The van der Waals surface area contributed by atoms with Crippen LogP contribution in [-0.2, 0) is 47.7 Å². The monoisotopic (exact) mass is 1030 g/mol. The van der Waals surface area contributed by atoms with Gasteiger partial charge in [0.25, 0.3) is 11.7 Å². The maximum atomic E-state index is 14.6. The van der Waals surface area contributed by atoms with Crippen LogP contribution in [-0.4, -0.2) is 127 Å². The number of rotatable bonds is 11. The molecule has 414 valence electrons. The summed E-state index contributed by atoms with van der Waals surface area (Å²) in [5.41, 5.74) is 1.11. The number of aliphatic hydroxyl groups excluding tert-OH is 1. The smallest absolute Gasteiger partial charge is 0.407 e. The fourth-order valence-corrected chi connectivity index (χ4v) is 11.5. The molecular formula is C59H90N2O13. The highest BCUT2D eigenvalue weighted by Gasteiger charge is 2.53. The number of cyclic esters (lactones) is 1. The minimum Gasteiger partial charge on any atom is -0.460 e. The summed E-state index contributed by atoms with van der Waals surface area (Å²) in [5, 5.41) is 26.5. The normalized spacial score (nSPS) is 36.7. The number of esters is 1. The molecule has 3 N–H and O–H groups in total. The Morgan fingerprint density at radius 2 is 1.66 bits per heavy atom. The Balaban J connectivity index is 1.70. The maximum absolute atomic E-state index is 14.6. The lowest BCUT2D eigenvalue weighted by Crippen LogP contribution is -2.61. The Morgan fingerprint density at radius 3 is 2.35 bits per heavy atom. The highest BCUT2D eigenvalue weighted by molar-refractivity contribution is 6.39. The molecule has 2 saturated heterocycles. The first-order valence-corrected chi connectivity index (χ1v) is 27.4. The molecule has 3 aliphatic heterocycles. The number of ketones is 3. The Kier molecular flexibility index (Phi) is 25.4. The van der Waals surface area contributed by atoms with Crippen LogP contribution in [0.5, 0.6) is 0 Å². The van der Waals surface area contributed by atoms with E-state index in [2.05, 4.69) is 11.2 Å². The number of terminal acetylenes is 1. The van der Waals surface area contributed by atoms with Crippen molar-refractivity contribution in [2.24, 2.45) is 41.4 Å². The van der Waals surface area contributed by atoms with Gasteiger partial charge in [-0.3, -0.25) is 19.2 Å². The van der Waals surface area contributed by atoms with Crippen LogP contribution in [0.4, 0.5) is 4.79 Å². The van der Waals surface area contributed by atoms with Gasteiger partial charge in [0.2, 0.25) is 5.79 Å². The number of hydrogen-bond donors (Lipinski definition) is 3. The highest BCUT2D eigenvalue weighted by Crippen LogP contribution is 2.40. The van der Waals surface area contributed by atoms with E-state index in [4.69, 9.17) is 30.1 Å². The molecule has 74 heavy (non-hydrogen) atoms. The number of carbonyl (C=O) groups is 6. The summed E-state index contributed by atoms with van der Waals surface area (Å²) in [5.74, 6) is -5.00. The van der Waals surface area contributed by atoms with Crippen LogP contribution in [0.1, 0.15) is 158 Å². The number of ether oxygens (including phenoxy) is 5. The SMILES string of the molecule is C#CCCCCC[C@@H]1CC[C@@H](C[C@@H](C)[C@@H]2CC(=O)[C@H](C)/C=C(\C)[C@@H](O)[C@@H](OC)C(=O)[C@H](C)C[C@H](C)/C=C/C=C/C=C(\C)C(NC(=O)OC)C[C@@H]3CC[C@@H](C)[C@@](O)(O3)C(=O)C(=O)N3CCCC[C@H]3C(=O)O2)C[C@H]1OC. The van der Waals surface area contributed by atoms with Crippen LogP contribution in [0, 0.1) is 53.8 Å². The van der Waals surface area contributed by atoms with Gasteiger partial charge in [0.1, 0.15) is 30.1 Å². The summed E-state index contributed by atoms with van der Waals surface area (Å²) < 4.78 is 29.2. The van der Waals surface area contributed by atoms with E-state index in [0.29, 0.717) is 50.0 Å². The average Bonchev–Trinajstić information content (AvgIpc) is 3.38. The van der Waals surface area contributed by atoms with E-state index in [0.717, 1.165) is 56.9 Å². The first-order chi connectivity index (χ1) is 35.2. The lowest BCUT2D eigenvalue weighted by molar-refractivity contribution is -0.264. The Bertz CT molecular complexity index is 2060. The van der Waals surface area contributed by atoms with Gasteiger partial charge >= 0.3 is 12.1 Å². The van der Waals surface area contributed by atoms with Crippen molar-refractivity contribution in [2.45, 2.75) is 206 Å². The van der Waals surface area contributed by atoms with Gasteiger partial charge < -0.3 is 44.1 Å². The van der Waals surface area contributed by atoms with Crippen molar-refractivity contribution in [3.63, 3.8) is 0 Å². The van der Waals surface area contributed by atoms with Crippen molar-refractivity contribution in [3.05, 3.63) is 47.6 Å². The van der Waals surface area contributed by atoms with Crippen molar-refractivity contribution in [1.82, 2.24) is 10.2 Å². The van der Waals surface area contributed by atoms with Gasteiger partial charge in [-0.25, -0.2) is 9.59 Å². The van der Waals surface area contributed by atoms with E-state index in [-0.39, 0.29) is 61.2 Å². The number of aliphatic hydroxyl groups is 2. The molecule has 1 saturated carbocycles. The second kappa shape index (κ2) is 30.3. The summed E-state index contributed by atoms with van der Waals surface area (Å²) >= 11 is 0. The van der Waals surface area contributed by atoms with Crippen molar-refractivity contribution in [1.29, 1.82) is 0 Å². The van der Waals surface area contributed by atoms with Gasteiger partial charge in [-0.2, -0.15) is 0 Å². The molecular weight excluding hydrogens is 945 g/mol. The Morgan fingerprint density at radius 1 is 0.919 bits per heavy atom. The number of nitrogens with one attached hydrogen (secondary N) is 1. The van der Waals surface area contributed by atoms with Gasteiger partial charge in [0.15, 0.2) is 5.78 Å². The number of unbranched alkanes of at least 4 members (excludes halogenated alkanes) is 3. The van der Waals surface area contributed by atoms with Crippen LogP contribution < -0.4 is 5.32 Å². The quantitative estimate of drug-likeness (QED) is 0.0583. The Hall–Kier alpha value is -4.46. The number of hydrogen-bond acceptors (Lipinski definition) is 13. The van der Waals surface area contributed by atoms with Crippen molar-refractivity contribution < 1.29 is 62.7 Å². The number of nitrogens with zero attached hydrogens (tertiary/aromatic N) is 1. The molecule has 3 fully saturated rings. The van der Waals surface area contributed by atoms with Crippen LogP contribution in [0.3, 0.4) is 0 Å². The second-order valence-corrected chi connectivity index (χ2v) is 22.1. The van der Waals surface area contributed by atoms with E-state index in [9.17, 15) is 39.0 Å². The average molecular weight is 1040 g/mol. The zero-order chi connectivity index (χ0) is 54.7. The predicted octanol–water partition coefficient (Wildman–Crippen LogP) is 8.73. The number of methoxy groups -OCH3 is 3. The molecule has 0 aromatic rings. The summed E-state index contributed by atoms with van der Waals surface area (Å²) in [4.78, 5) is 85.3. The summed E-state index contributed by atoms with van der Waals surface area (Å²) in [6.45, 7) is 12.6. The van der Waals surface area contributed by atoms with Gasteiger partial charge in [-0.1, -0.05) is 89.5 Å². The van der Waals surface area contributed by atoms with E-state index in [1.165, 1.54) is 19.1 Å². The lowest BCUT2D eigenvalue weighted by Gasteiger charge is -2.43. The molecule has 0 aromatic heterocycles. The molecule has 0 spiro atoms. The fraction of sp³-hybridized carbons (Fsp3) is 0.729. The third kappa shape index (κ3) is 17.5. The van der Waals surface area contributed by atoms with Crippen LogP contribution in [0.2, 0.25) is 0 Å². The molecule has 4 rings (SSSR count). The fourth-order valence-electron chi connectivity index (χ4n) is 11.5. The first-order valence-electron chi connectivity index (χ1n) is 27.4. The number of Topliss-reactive ketones (excluding diaryl/α,β-unsaturated/α-hetero) is 3. The summed E-state index contributed by atoms with van der Waals surface area (Å²) in [7, 11) is 4.38. The van der Waals surface area contributed by atoms with Gasteiger partial charge in [0.05, 0.1) is 25.4 Å². The van der Waals surface area contributed by atoms with E-state index < -0.39 is 83.8 Å². The molecule has 15 nitrogen and oxygen atoms in total. The number of piperidine rings is 1. The molecule has 2 bridgehead atoms. The van der Waals surface area contributed by atoms with Gasteiger partial charge in [-0.05, 0) is 127 Å². The zero-order valence-corrected chi connectivity index (χ0v) is 46.2. The largest absolute Gasteiger partial charge is 0.460 e. The maximum Gasteiger partial charge on any atom is 0.407 e. The number of alkyl carbamates (subject to hydrolysis) is 1. The molecule has 3 heterocycles. The minimum atomic E-state index is -2.52. The van der Waals surface area contributed by atoms with E-state index in [1.54, 1.807) is 47.0 Å². The van der Waals surface area contributed by atoms with Crippen LogP contribution in [0.15, 0.2) is 47.6 Å². The Labute approximate surface area is 442 Å². The standard InChI is InChI=1S/C59H90N2O13/c1-12-13-14-15-19-24-45-28-27-44(34-51(45)70-9)33-40(5)50-36-49(62)39(4)32-42(7)53(64)54(71-10)52(63)41(6)31-37(2)22-17-16-18-23-38(3)47(60-58(68)72-11)35-46-29-26-43(8)59(69,74-46)55(65)56(66)61-30-21-20-25-48(61)57(67)73-50/h1,16-18,22-23,32,37,39-41,43-48,50-51,53-54,64,69H,13-15,19-21,24-31,33-36H2,2-11H3,(H,60,68)/b18-16+,22-17+,38-23+,42-32+/t37-,39-,40-,41-,43-,44+,45-,46+,47?,48+,50+,51-,53-,54+,59-/m1/s1. The molecule has 2 amide bonds. The minimum absolute atomic E-state index is 0.0297. The number of carbonyl (C=O) groups excluding carboxylic acids is 6. The molecule has 1 unspecified atom stereocenters.